The fraction of sp³-hybridized carbons (Fsp3) is 0.357. The molecule has 1 aliphatic carbocycles. The van der Waals surface area contributed by atoms with Gasteiger partial charge in [0.2, 0.25) is 15.8 Å². The van der Waals surface area contributed by atoms with Crippen molar-refractivity contribution in [1.29, 1.82) is 0 Å². The normalized spacial score (nSPS) is 18.2. The summed E-state index contributed by atoms with van der Waals surface area (Å²) in [6.45, 7) is 5.68. The van der Waals surface area contributed by atoms with Gasteiger partial charge in [-0.1, -0.05) is 34.1 Å². The third-order valence-corrected chi connectivity index (χ3v) is 9.25. The van der Waals surface area contributed by atoms with Crippen molar-refractivity contribution in [1.82, 2.24) is 20.3 Å². The quantitative estimate of drug-likeness (QED) is 0.329. The number of halogens is 1. The molecule has 1 aromatic carbocycles. The minimum atomic E-state index is -4.02. The smallest absolute Gasteiger partial charge is 0.254 e. The number of carbonyl (C=O) groups excluding carboxylic acids is 1. The minimum absolute atomic E-state index is 0.0334. The van der Waals surface area contributed by atoms with Crippen molar-refractivity contribution in [3.05, 3.63) is 82.6 Å². The van der Waals surface area contributed by atoms with Gasteiger partial charge in [0, 0.05) is 48.6 Å². The van der Waals surface area contributed by atoms with E-state index in [0.29, 0.717) is 11.5 Å². The fourth-order valence-electron chi connectivity index (χ4n) is 4.68. The third kappa shape index (κ3) is 6.83. The first-order valence-electron chi connectivity index (χ1n) is 12.8. The molecule has 1 aliphatic rings. The van der Waals surface area contributed by atoms with Gasteiger partial charge in [0.15, 0.2) is 5.03 Å². The summed E-state index contributed by atoms with van der Waals surface area (Å²) in [5, 5.41) is 5.17. The number of anilines is 2. The number of aromatic nitrogens is 3. The van der Waals surface area contributed by atoms with Gasteiger partial charge in [-0.15, -0.1) is 6.58 Å². The van der Waals surface area contributed by atoms with E-state index in [0.717, 1.165) is 41.7 Å². The number of amides is 1. The summed E-state index contributed by atoms with van der Waals surface area (Å²) in [5.74, 6) is 0.986. The number of pyridine rings is 1. The number of benzene rings is 1. The molecule has 0 saturated heterocycles. The van der Waals surface area contributed by atoms with E-state index >= 15 is 0 Å². The summed E-state index contributed by atoms with van der Waals surface area (Å²) in [7, 11) is -0.141. The van der Waals surface area contributed by atoms with E-state index < -0.39 is 21.0 Å². The van der Waals surface area contributed by atoms with Crippen LogP contribution in [-0.4, -0.2) is 55.5 Å². The van der Waals surface area contributed by atoms with Crippen LogP contribution in [0.1, 0.15) is 52.5 Å². The van der Waals surface area contributed by atoms with E-state index in [2.05, 4.69) is 48.1 Å². The molecule has 11 heteroatoms. The number of hydrogen-bond donors (Lipinski definition) is 2. The Morgan fingerprint density at radius 3 is 2.41 bits per heavy atom. The molecule has 9 nitrogen and oxygen atoms in total. The van der Waals surface area contributed by atoms with Gasteiger partial charge < -0.3 is 15.5 Å². The Hall–Kier alpha value is -3.31. The maximum atomic E-state index is 13.6. The van der Waals surface area contributed by atoms with Crippen molar-refractivity contribution in [2.75, 3.05) is 24.3 Å². The number of carbonyl (C=O) groups is 1. The number of nitrogens with zero attached hydrogens (tertiary/aromatic N) is 4. The van der Waals surface area contributed by atoms with Crippen LogP contribution in [0.5, 0.6) is 0 Å². The van der Waals surface area contributed by atoms with E-state index in [1.165, 1.54) is 18.3 Å². The van der Waals surface area contributed by atoms with Crippen molar-refractivity contribution >= 4 is 43.4 Å². The van der Waals surface area contributed by atoms with E-state index in [9.17, 15) is 13.2 Å². The Kier molecular flexibility index (Phi) is 9.01. The van der Waals surface area contributed by atoms with Crippen LogP contribution in [0, 0.1) is 6.92 Å². The summed E-state index contributed by atoms with van der Waals surface area (Å²) in [5.41, 5.74) is 1.47. The summed E-state index contributed by atoms with van der Waals surface area (Å²) in [6.07, 6.45) is 5.87. The molecule has 1 unspecified atom stereocenters. The van der Waals surface area contributed by atoms with Gasteiger partial charge >= 0.3 is 0 Å². The topological polar surface area (TPSA) is 117 Å². The van der Waals surface area contributed by atoms with Crippen LogP contribution in [0.2, 0.25) is 0 Å². The second-order valence-electron chi connectivity index (χ2n) is 9.86. The van der Waals surface area contributed by atoms with E-state index in [1.807, 2.05) is 32.0 Å². The van der Waals surface area contributed by atoms with E-state index in [-0.39, 0.29) is 22.7 Å². The highest BCUT2D eigenvalue weighted by Crippen LogP contribution is 2.32. The molecular weight excluding hydrogens is 580 g/mol. The third-order valence-electron chi connectivity index (χ3n) is 6.73. The van der Waals surface area contributed by atoms with Gasteiger partial charge in [0.05, 0.1) is 5.56 Å². The van der Waals surface area contributed by atoms with Crippen molar-refractivity contribution in [2.24, 2.45) is 0 Å². The van der Waals surface area contributed by atoms with E-state index in [1.54, 1.807) is 30.3 Å². The largest absolute Gasteiger partial charge is 0.363 e. The molecule has 1 atom stereocenters. The van der Waals surface area contributed by atoms with Gasteiger partial charge in [-0.2, -0.15) is 4.98 Å². The molecule has 2 heterocycles. The molecule has 206 valence electrons. The average molecular weight is 614 g/mol. The number of rotatable bonds is 9. The average Bonchev–Trinajstić information content (AvgIpc) is 2.91. The lowest BCUT2D eigenvalue weighted by molar-refractivity contribution is 0.0922. The molecule has 1 saturated carbocycles. The highest BCUT2D eigenvalue weighted by molar-refractivity contribution is 9.10. The lowest BCUT2D eigenvalue weighted by Gasteiger charge is -2.30. The van der Waals surface area contributed by atoms with Crippen LogP contribution in [0.15, 0.2) is 70.8 Å². The molecule has 0 spiro atoms. The van der Waals surface area contributed by atoms with Crippen molar-refractivity contribution in [3.8, 4) is 0 Å². The number of sulfone groups is 1. The van der Waals surface area contributed by atoms with Gasteiger partial charge in [-0.05, 0) is 62.4 Å². The number of aryl methyl sites for hydroxylation is 1. The number of hydrogen-bond acceptors (Lipinski definition) is 8. The zero-order chi connectivity index (χ0) is 28.2. The van der Waals surface area contributed by atoms with Gasteiger partial charge in [0.25, 0.3) is 5.91 Å². The molecule has 1 fully saturated rings. The second-order valence-corrected chi connectivity index (χ2v) is 12.8. The standard InChI is InChI=1S/C28H33BrN6O3S/c1-5-24(19-8-10-20(29)11-9-19)39(37,38)27-23(7-6-16-30-27)26(36)32-21-12-14-22(15-13-21)33-28-31-18(2)17-25(34-28)35(3)4/h5-11,16-17,21-22,24H,1,12-15H2,2-4H3,(H,32,36)(H,31,33,34). The maximum absolute atomic E-state index is 13.6. The van der Waals surface area contributed by atoms with Crippen LogP contribution < -0.4 is 15.5 Å². The Bertz CT molecular complexity index is 1440. The van der Waals surface area contributed by atoms with Crippen LogP contribution >= 0.6 is 15.9 Å². The Morgan fingerprint density at radius 1 is 1.10 bits per heavy atom. The zero-order valence-corrected chi connectivity index (χ0v) is 24.7. The fourth-order valence-corrected chi connectivity index (χ4v) is 6.63. The van der Waals surface area contributed by atoms with Gasteiger partial charge in [0.1, 0.15) is 11.1 Å². The summed E-state index contributed by atoms with van der Waals surface area (Å²) >= 11 is 3.37. The SMILES string of the molecule is C=CC(c1ccc(Br)cc1)S(=O)(=O)c1ncccc1C(=O)NC1CCC(Nc2nc(C)cc(N(C)C)n2)CC1. The molecule has 0 aliphatic heterocycles. The molecule has 0 radical (unpaired) electrons. The lowest BCUT2D eigenvalue weighted by atomic mass is 9.91. The summed E-state index contributed by atoms with van der Waals surface area (Å²) < 4.78 is 28.1. The monoisotopic (exact) mass is 612 g/mol. The summed E-state index contributed by atoms with van der Waals surface area (Å²) in [6, 6.07) is 12.1. The van der Waals surface area contributed by atoms with Crippen molar-refractivity contribution < 1.29 is 13.2 Å². The van der Waals surface area contributed by atoms with E-state index in [4.69, 9.17) is 0 Å². The predicted octanol–water partition coefficient (Wildman–Crippen LogP) is 4.86. The first kappa shape index (κ1) is 28.7. The Balaban J connectivity index is 1.43. The van der Waals surface area contributed by atoms with Crippen LogP contribution in [-0.2, 0) is 9.84 Å². The summed E-state index contributed by atoms with van der Waals surface area (Å²) in [4.78, 5) is 28.4. The van der Waals surface area contributed by atoms with Crippen LogP contribution in [0.4, 0.5) is 11.8 Å². The Labute approximate surface area is 238 Å². The highest BCUT2D eigenvalue weighted by atomic mass is 79.9. The molecule has 2 aromatic heterocycles. The first-order chi connectivity index (χ1) is 18.6. The number of nitrogens with one attached hydrogen (secondary N) is 2. The molecule has 3 aromatic rings. The second kappa shape index (κ2) is 12.3. The van der Waals surface area contributed by atoms with Gasteiger partial charge in [-0.25, -0.2) is 18.4 Å². The minimum Gasteiger partial charge on any atom is -0.363 e. The first-order valence-corrected chi connectivity index (χ1v) is 15.1. The molecule has 2 N–H and O–H groups in total. The Morgan fingerprint density at radius 2 is 1.77 bits per heavy atom. The van der Waals surface area contributed by atoms with Crippen LogP contribution in [0.3, 0.4) is 0 Å². The molecule has 4 rings (SSSR count). The molecule has 1 amide bonds. The van der Waals surface area contributed by atoms with Crippen LogP contribution in [0.25, 0.3) is 0 Å². The molecule has 39 heavy (non-hydrogen) atoms. The molecule has 0 bridgehead atoms. The zero-order valence-electron chi connectivity index (χ0n) is 22.3. The molecular formula is C28H33BrN6O3S. The highest BCUT2D eigenvalue weighted by Gasteiger charge is 2.33. The maximum Gasteiger partial charge on any atom is 0.254 e. The predicted molar refractivity (Wildman–Crippen MR) is 157 cm³/mol. The van der Waals surface area contributed by atoms with Crippen molar-refractivity contribution in [2.45, 2.75) is 55.0 Å². The van der Waals surface area contributed by atoms with Gasteiger partial charge in [-0.3, -0.25) is 4.79 Å². The van der Waals surface area contributed by atoms with Crippen molar-refractivity contribution in [3.63, 3.8) is 0 Å². The lowest BCUT2D eigenvalue weighted by Crippen LogP contribution is -2.40.